The van der Waals surface area contributed by atoms with Crippen LogP contribution in [0.1, 0.15) is 10.4 Å². The number of anilines is 1. The van der Waals surface area contributed by atoms with Crippen molar-refractivity contribution >= 4 is 11.9 Å². The Kier molecular flexibility index (Phi) is 2.86. The zero-order valence-electron chi connectivity index (χ0n) is 8.84. The fourth-order valence-electron chi connectivity index (χ4n) is 1.21. The maximum Gasteiger partial charge on any atom is 0.270 e. The third-order valence-electron chi connectivity index (χ3n) is 2.02. The van der Waals surface area contributed by atoms with Crippen molar-refractivity contribution in [3.63, 3.8) is 0 Å². The zero-order valence-corrected chi connectivity index (χ0v) is 8.84. The number of nitrogens with one attached hydrogen (secondary N) is 2. The number of hydrogen-bond acceptors (Lipinski definition) is 6. The van der Waals surface area contributed by atoms with Crippen LogP contribution in [0.15, 0.2) is 18.2 Å². The third-order valence-corrected chi connectivity index (χ3v) is 2.02. The van der Waals surface area contributed by atoms with Gasteiger partial charge in [0.05, 0.1) is 12.7 Å². The molecular formula is C9H9N5O3. The predicted octanol–water partition coefficient (Wildman–Crippen LogP) is 0.166. The van der Waals surface area contributed by atoms with Crippen molar-refractivity contribution in [3.05, 3.63) is 23.8 Å². The van der Waals surface area contributed by atoms with Gasteiger partial charge in [0, 0.05) is 0 Å². The van der Waals surface area contributed by atoms with Crippen molar-refractivity contribution in [2.75, 3.05) is 12.4 Å². The summed E-state index contributed by atoms with van der Waals surface area (Å²) in [6, 6.07) is 4.31. The maximum absolute atomic E-state index is 11.8. The normalized spacial score (nSPS) is 9.94. The minimum absolute atomic E-state index is 0.0252. The summed E-state index contributed by atoms with van der Waals surface area (Å²) in [5.41, 5.74) is 0.0640. The summed E-state index contributed by atoms with van der Waals surface area (Å²) in [5.74, 6) is -0.229. The maximum atomic E-state index is 11.8. The molecule has 1 heterocycles. The molecule has 8 heteroatoms. The number of hydrogen-bond donors (Lipinski definition) is 3. The van der Waals surface area contributed by atoms with Crippen molar-refractivity contribution in [2.24, 2.45) is 0 Å². The van der Waals surface area contributed by atoms with Gasteiger partial charge in [-0.15, -0.1) is 5.10 Å². The predicted molar refractivity (Wildman–Crippen MR) is 56.8 cm³/mol. The molecular weight excluding hydrogens is 226 g/mol. The highest BCUT2D eigenvalue weighted by molar-refractivity contribution is 6.05. The van der Waals surface area contributed by atoms with E-state index in [1.165, 1.54) is 19.2 Å². The van der Waals surface area contributed by atoms with Gasteiger partial charge in [0.25, 0.3) is 11.9 Å². The number of amides is 1. The Hall–Kier alpha value is -2.64. The topological polar surface area (TPSA) is 113 Å². The van der Waals surface area contributed by atoms with Gasteiger partial charge >= 0.3 is 0 Å². The molecule has 0 spiro atoms. The van der Waals surface area contributed by atoms with Crippen LogP contribution in [0.2, 0.25) is 0 Å². The van der Waals surface area contributed by atoms with Gasteiger partial charge in [-0.05, 0) is 23.4 Å². The molecule has 8 nitrogen and oxygen atoms in total. The molecule has 0 fully saturated rings. The standard InChI is InChI=1S/C9H9N5O3/c1-17-5-2-3-7(15)6(4-5)8(16)10-9-11-13-14-12-9/h2-4,15H,1H3,(H2,10,11,12,13,14,16). The highest BCUT2D eigenvalue weighted by atomic mass is 16.5. The first-order chi connectivity index (χ1) is 8.20. The fraction of sp³-hybridized carbons (Fsp3) is 0.111. The molecule has 0 saturated carbocycles. The Balaban J connectivity index is 2.24. The number of rotatable bonds is 3. The first kappa shape index (κ1) is 10.9. The molecule has 0 atom stereocenters. The number of phenols is 1. The third kappa shape index (κ3) is 2.30. The van der Waals surface area contributed by atoms with Crippen molar-refractivity contribution in [3.8, 4) is 11.5 Å². The molecule has 0 aliphatic rings. The molecule has 2 aromatic rings. The number of tetrazole rings is 1. The number of carbonyl (C=O) groups excluding carboxylic acids is 1. The second-order valence-electron chi connectivity index (χ2n) is 3.07. The fourth-order valence-corrected chi connectivity index (χ4v) is 1.21. The lowest BCUT2D eigenvalue weighted by Crippen LogP contribution is -2.13. The number of aromatic nitrogens is 4. The van der Waals surface area contributed by atoms with Crippen LogP contribution >= 0.6 is 0 Å². The van der Waals surface area contributed by atoms with E-state index in [1.54, 1.807) is 6.07 Å². The summed E-state index contributed by atoms with van der Waals surface area (Å²) in [5, 5.41) is 24.5. The number of H-pyrrole nitrogens is 1. The summed E-state index contributed by atoms with van der Waals surface area (Å²) >= 11 is 0. The number of carbonyl (C=O) groups is 1. The molecule has 17 heavy (non-hydrogen) atoms. The van der Waals surface area contributed by atoms with Crippen LogP contribution in [0.4, 0.5) is 5.95 Å². The number of nitrogens with zero attached hydrogens (tertiary/aromatic N) is 3. The van der Waals surface area contributed by atoms with Crippen LogP contribution in [-0.2, 0) is 0 Å². The Morgan fingerprint density at radius 1 is 1.53 bits per heavy atom. The van der Waals surface area contributed by atoms with Crippen LogP contribution in [0.5, 0.6) is 11.5 Å². The quantitative estimate of drug-likeness (QED) is 0.698. The van der Waals surface area contributed by atoms with Crippen molar-refractivity contribution in [2.45, 2.75) is 0 Å². The zero-order chi connectivity index (χ0) is 12.3. The van der Waals surface area contributed by atoms with Crippen LogP contribution < -0.4 is 10.1 Å². The van der Waals surface area contributed by atoms with Gasteiger partial charge in [-0.25, -0.2) is 0 Å². The molecule has 0 bridgehead atoms. The van der Waals surface area contributed by atoms with E-state index in [0.29, 0.717) is 5.75 Å². The molecule has 0 aliphatic heterocycles. The van der Waals surface area contributed by atoms with Crippen LogP contribution in [0, 0.1) is 0 Å². The minimum atomic E-state index is -0.553. The van der Waals surface area contributed by atoms with Gasteiger partial charge in [0.2, 0.25) is 0 Å². The van der Waals surface area contributed by atoms with Crippen molar-refractivity contribution in [1.29, 1.82) is 0 Å². The monoisotopic (exact) mass is 235 g/mol. The number of methoxy groups -OCH3 is 1. The second kappa shape index (κ2) is 4.47. The molecule has 2 rings (SSSR count). The van der Waals surface area contributed by atoms with Gasteiger partial charge < -0.3 is 9.84 Å². The van der Waals surface area contributed by atoms with Gasteiger partial charge in [-0.3, -0.25) is 10.1 Å². The van der Waals surface area contributed by atoms with E-state index < -0.39 is 5.91 Å². The van der Waals surface area contributed by atoms with E-state index in [4.69, 9.17) is 4.74 Å². The van der Waals surface area contributed by atoms with E-state index in [0.717, 1.165) is 0 Å². The Morgan fingerprint density at radius 3 is 3.00 bits per heavy atom. The van der Waals surface area contributed by atoms with Crippen molar-refractivity contribution in [1.82, 2.24) is 20.6 Å². The average Bonchev–Trinajstić information content (AvgIpc) is 2.82. The largest absolute Gasteiger partial charge is 0.507 e. The number of phenolic OH excluding ortho intramolecular Hbond substituents is 1. The Morgan fingerprint density at radius 2 is 2.35 bits per heavy atom. The summed E-state index contributed by atoms with van der Waals surface area (Å²) in [6.45, 7) is 0. The minimum Gasteiger partial charge on any atom is -0.507 e. The first-order valence-electron chi connectivity index (χ1n) is 4.62. The summed E-state index contributed by atoms with van der Waals surface area (Å²) < 4.78 is 4.95. The molecule has 1 aromatic carbocycles. The van der Waals surface area contributed by atoms with Gasteiger partial charge in [0.1, 0.15) is 11.5 Å². The number of ether oxygens (including phenoxy) is 1. The number of aromatic amines is 1. The lowest BCUT2D eigenvalue weighted by atomic mass is 10.2. The lowest BCUT2D eigenvalue weighted by molar-refractivity contribution is 0.102. The SMILES string of the molecule is COc1ccc(O)c(C(=O)Nc2nn[nH]n2)c1. The van der Waals surface area contributed by atoms with Gasteiger partial charge in [0.15, 0.2) is 0 Å². The smallest absolute Gasteiger partial charge is 0.270 e. The van der Waals surface area contributed by atoms with Crippen LogP contribution in [0.3, 0.4) is 0 Å². The summed E-state index contributed by atoms with van der Waals surface area (Å²) in [7, 11) is 1.47. The van der Waals surface area contributed by atoms with Gasteiger partial charge in [-0.2, -0.15) is 5.21 Å². The molecule has 0 radical (unpaired) electrons. The highest BCUT2D eigenvalue weighted by Gasteiger charge is 2.14. The van der Waals surface area contributed by atoms with E-state index >= 15 is 0 Å². The Bertz CT molecular complexity index is 525. The summed E-state index contributed by atoms with van der Waals surface area (Å²) in [6.07, 6.45) is 0. The van der Waals surface area contributed by atoms with E-state index in [-0.39, 0.29) is 17.3 Å². The lowest BCUT2D eigenvalue weighted by Gasteiger charge is -2.05. The number of aromatic hydroxyl groups is 1. The molecule has 88 valence electrons. The second-order valence-corrected chi connectivity index (χ2v) is 3.07. The molecule has 0 aliphatic carbocycles. The van der Waals surface area contributed by atoms with Gasteiger partial charge in [-0.1, -0.05) is 5.10 Å². The highest BCUT2D eigenvalue weighted by Crippen LogP contribution is 2.23. The average molecular weight is 235 g/mol. The van der Waals surface area contributed by atoms with Crippen LogP contribution in [-0.4, -0.2) is 38.7 Å². The van der Waals surface area contributed by atoms with E-state index in [9.17, 15) is 9.90 Å². The number of benzene rings is 1. The van der Waals surface area contributed by atoms with E-state index in [1.807, 2.05) is 0 Å². The molecule has 0 unspecified atom stereocenters. The van der Waals surface area contributed by atoms with Crippen molar-refractivity contribution < 1.29 is 14.6 Å². The molecule has 1 aromatic heterocycles. The Labute approximate surface area is 95.6 Å². The van der Waals surface area contributed by atoms with Crippen LogP contribution in [0.25, 0.3) is 0 Å². The molecule has 1 amide bonds. The first-order valence-corrected chi connectivity index (χ1v) is 4.62. The molecule has 0 saturated heterocycles. The van der Waals surface area contributed by atoms with E-state index in [2.05, 4.69) is 25.9 Å². The molecule has 3 N–H and O–H groups in total. The summed E-state index contributed by atoms with van der Waals surface area (Å²) in [4.78, 5) is 11.8.